The van der Waals surface area contributed by atoms with Gasteiger partial charge in [0.05, 0.1) is 17.4 Å². The third-order valence-electron chi connectivity index (χ3n) is 3.92. The molecule has 24 heavy (non-hydrogen) atoms. The Morgan fingerprint density at radius 1 is 1.12 bits per heavy atom. The Morgan fingerprint density at radius 2 is 1.96 bits per heavy atom. The summed E-state index contributed by atoms with van der Waals surface area (Å²) in [5, 5.41) is 14.7. The maximum atomic E-state index is 9.03. The first-order valence-corrected chi connectivity index (χ1v) is 8.19. The van der Waals surface area contributed by atoms with E-state index in [1.54, 1.807) is 6.08 Å². The summed E-state index contributed by atoms with van der Waals surface area (Å²) in [5.41, 5.74) is 3.42. The van der Waals surface area contributed by atoms with E-state index in [4.69, 9.17) is 9.84 Å². The molecule has 1 N–H and O–H groups in total. The lowest BCUT2D eigenvalue weighted by molar-refractivity contribution is 0.288. The van der Waals surface area contributed by atoms with Gasteiger partial charge >= 0.3 is 0 Å². The van der Waals surface area contributed by atoms with Crippen LogP contribution in [0, 0.1) is 0 Å². The Morgan fingerprint density at radius 3 is 2.71 bits per heavy atom. The lowest BCUT2D eigenvalue weighted by Gasteiger charge is -2.04. The molecule has 0 aliphatic rings. The molecular weight excluding hydrogens is 300 g/mol. The quantitative estimate of drug-likeness (QED) is 0.645. The van der Waals surface area contributed by atoms with Gasteiger partial charge in [-0.1, -0.05) is 49.1 Å². The van der Waals surface area contributed by atoms with Crippen molar-refractivity contribution in [3.05, 3.63) is 72.3 Å². The van der Waals surface area contributed by atoms with E-state index in [0.29, 0.717) is 19.0 Å². The third kappa shape index (κ3) is 3.66. The molecule has 0 unspecified atom stereocenters. The highest BCUT2D eigenvalue weighted by Gasteiger charge is 2.12. The molecule has 0 radical (unpaired) electrons. The maximum Gasteiger partial charge on any atom is 0.241 e. The Labute approximate surface area is 142 Å². The zero-order chi connectivity index (χ0) is 16.8. The Hall–Kier alpha value is -2.59. The van der Waals surface area contributed by atoms with Crippen LogP contribution in [0.5, 0.6) is 5.88 Å². The highest BCUT2D eigenvalue weighted by molar-refractivity contribution is 5.85. The van der Waals surface area contributed by atoms with Crippen molar-refractivity contribution < 1.29 is 9.84 Å². The van der Waals surface area contributed by atoms with E-state index in [9.17, 15) is 0 Å². The number of aromatic nitrogens is 2. The van der Waals surface area contributed by atoms with E-state index >= 15 is 0 Å². The second kappa shape index (κ2) is 7.79. The van der Waals surface area contributed by atoms with Crippen LogP contribution < -0.4 is 4.74 Å². The summed E-state index contributed by atoms with van der Waals surface area (Å²) in [4.78, 5) is 0. The second-order valence-corrected chi connectivity index (χ2v) is 5.73. The highest BCUT2D eigenvalue weighted by atomic mass is 16.5. The molecule has 0 saturated carbocycles. The maximum absolute atomic E-state index is 9.03. The summed E-state index contributed by atoms with van der Waals surface area (Å²) >= 11 is 0. The first-order chi connectivity index (χ1) is 11.8. The second-order valence-electron chi connectivity index (χ2n) is 5.73. The van der Waals surface area contributed by atoms with Crippen LogP contribution >= 0.6 is 0 Å². The molecule has 0 bridgehead atoms. The van der Waals surface area contributed by atoms with Crippen LogP contribution in [-0.2, 0) is 13.0 Å². The molecule has 4 heteroatoms. The minimum absolute atomic E-state index is 0.200. The number of nitrogens with zero attached hydrogens (tertiary/aromatic N) is 2. The van der Waals surface area contributed by atoms with Crippen LogP contribution in [0.1, 0.15) is 17.5 Å². The van der Waals surface area contributed by atoms with E-state index in [2.05, 4.69) is 42.0 Å². The smallest absolute Gasteiger partial charge is 0.241 e. The molecule has 1 heterocycles. The van der Waals surface area contributed by atoms with Crippen LogP contribution in [0.3, 0.4) is 0 Å². The molecule has 0 amide bonds. The SMILES string of the molecule is C=CCOc1nn(Cc2ccccc2)c2ccc(CCCO)cc12. The lowest BCUT2D eigenvalue weighted by Crippen LogP contribution is -2.02. The number of benzene rings is 2. The standard InChI is InChI=1S/C20H22N2O2/c1-2-13-24-20-18-14-16(9-6-12-23)10-11-19(18)22(21-20)15-17-7-4-3-5-8-17/h2-5,7-8,10-11,14,23H,1,6,9,12-13,15H2. The molecule has 2 aromatic carbocycles. The molecule has 0 aliphatic carbocycles. The van der Waals surface area contributed by atoms with Gasteiger partial charge in [-0.05, 0) is 36.1 Å². The predicted octanol–water partition coefficient (Wildman–Crippen LogP) is 3.57. The number of ether oxygens (including phenoxy) is 1. The van der Waals surface area contributed by atoms with Crippen molar-refractivity contribution in [2.45, 2.75) is 19.4 Å². The van der Waals surface area contributed by atoms with Crippen molar-refractivity contribution in [2.24, 2.45) is 0 Å². The normalized spacial score (nSPS) is 10.9. The van der Waals surface area contributed by atoms with E-state index in [-0.39, 0.29) is 6.61 Å². The minimum atomic E-state index is 0.200. The molecular formula is C20H22N2O2. The molecule has 0 aliphatic heterocycles. The monoisotopic (exact) mass is 322 g/mol. The summed E-state index contributed by atoms with van der Waals surface area (Å²) in [6.07, 6.45) is 3.32. The fraction of sp³-hybridized carbons (Fsp3) is 0.250. The van der Waals surface area contributed by atoms with Crippen LogP contribution in [0.4, 0.5) is 0 Å². The summed E-state index contributed by atoms with van der Waals surface area (Å²) in [6, 6.07) is 16.5. The number of aliphatic hydroxyl groups excluding tert-OH is 1. The molecule has 0 fully saturated rings. The van der Waals surface area contributed by atoms with Crippen molar-refractivity contribution in [3.63, 3.8) is 0 Å². The Kier molecular flexibility index (Phi) is 5.29. The molecule has 0 atom stereocenters. The van der Waals surface area contributed by atoms with E-state index in [1.165, 1.54) is 11.1 Å². The first-order valence-electron chi connectivity index (χ1n) is 8.19. The molecule has 0 saturated heterocycles. The number of hydrogen-bond donors (Lipinski definition) is 1. The van der Waals surface area contributed by atoms with Crippen molar-refractivity contribution in [3.8, 4) is 5.88 Å². The fourth-order valence-corrected chi connectivity index (χ4v) is 2.76. The van der Waals surface area contributed by atoms with Gasteiger partial charge in [0, 0.05) is 6.61 Å². The molecule has 4 nitrogen and oxygen atoms in total. The number of hydrogen-bond acceptors (Lipinski definition) is 3. The summed E-state index contributed by atoms with van der Waals surface area (Å²) in [6.45, 7) is 5.03. The van der Waals surface area contributed by atoms with Crippen LogP contribution in [0.15, 0.2) is 61.2 Å². The Balaban J connectivity index is 1.97. The van der Waals surface area contributed by atoms with Crippen molar-refractivity contribution >= 4 is 10.9 Å². The predicted molar refractivity (Wildman–Crippen MR) is 96.4 cm³/mol. The Bertz CT molecular complexity index is 809. The summed E-state index contributed by atoms with van der Waals surface area (Å²) in [7, 11) is 0. The van der Waals surface area contributed by atoms with Crippen molar-refractivity contribution in [1.29, 1.82) is 0 Å². The number of fused-ring (bicyclic) bond motifs is 1. The topological polar surface area (TPSA) is 47.3 Å². The van der Waals surface area contributed by atoms with Crippen molar-refractivity contribution in [1.82, 2.24) is 9.78 Å². The zero-order valence-corrected chi connectivity index (χ0v) is 13.7. The number of aliphatic hydroxyl groups is 1. The van der Waals surface area contributed by atoms with Gasteiger partial charge in [-0.3, -0.25) is 4.68 Å². The van der Waals surface area contributed by atoms with E-state index in [1.807, 2.05) is 22.9 Å². The van der Waals surface area contributed by atoms with Gasteiger partial charge in [0.2, 0.25) is 5.88 Å². The minimum Gasteiger partial charge on any atom is -0.472 e. The first kappa shape index (κ1) is 16.3. The van der Waals surface area contributed by atoms with Crippen LogP contribution in [-0.4, -0.2) is 28.1 Å². The van der Waals surface area contributed by atoms with Crippen molar-refractivity contribution in [2.75, 3.05) is 13.2 Å². The van der Waals surface area contributed by atoms with Gasteiger partial charge in [0.1, 0.15) is 6.61 Å². The number of rotatable bonds is 8. The molecule has 124 valence electrons. The average Bonchev–Trinajstić information content (AvgIpc) is 2.96. The highest BCUT2D eigenvalue weighted by Crippen LogP contribution is 2.27. The average molecular weight is 322 g/mol. The molecule has 3 rings (SSSR count). The summed E-state index contributed by atoms with van der Waals surface area (Å²) in [5.74, 6) is 0.631. The molecule has 1 aromatic heterocycles. The van der Waals surface area contributed by atoms with Crippen LogP contribution in [0.25, 0.3) is 10.9 Å². The molecule has 3 aromatic rings. The lowest BCUT2D eigenvalue weighted by atomic mass is 10.1. The summed E-state index contributed by atoms with van der Waals surface area (Å²) < 4.78 is 7.72. The van der Waals surface area contributed by atoms with Gasteiger partial charge in [0.25, 0.3) is 0 Å². The largest absolute Gasteiger partial charge is 0.472 e. The fourth-order valence-electron chi connectivity index (χ4n) is 2.76. The molecule has 0 spiro atoms. The van der Waals surface area contributed by atoms with E-state index < -0.39 is 0 Å². The van der Waals surface area contributed by atoms with Gasteiger partial charge in [-0.15, -0.1) is 5.10 Å². The van der Waals surface area contributed by atoms with Gasteiger partial charge < -0.3 is 9.84 Å². The van der Waals surface area contributed by atoms with Gasteiger partial charge in [-0.2, -0.15) is 0 Å². The zero-order valence-electron chi connectivity index (χ0n) is 13.7. The van der Waals surface area contributed by atoms with Gasteiger partial charge in [-0.25, -0.2) is 0 Å². The van der Waals surface area contributed by atoms with E-state index in [0.717, 1.165) is 23.7 Å². The van der Waals surface area contributed by atoms with Crippen LogP contribution in [0.2, 0.25) is 0 Å². The third-order valence-corrected chi connectivity index (χ3v) is 3.92. The number of aryl methyl sites for hydroxylation is 1. The van der Waals surface area contributed by atoms with Gasteiger partial charge in [0.15, 0.2) is 0 Å².